The van der Waals surface area contributed by atoms with Gasteiger partial charge in [0.15, 0.2) is 5.82 Å². The van der Waals surface area contributed by atoms with E-state index < -0.39 is 5.92 Å². The topological polar surface area (TPSA) is 47.8 Å². The third kappa shape index (κ3) is 1.64. The highest BCUT2D eigenvalue weighted by molar-refractivity contribution is 5.92. The molecule has 0 atom stereocenters. The molecular formula is C9H11F2N3O. The average Bonchev–Trinajstić information content (AvgIpc) is 2.68. The van der Waals surface area contributed by atoms with Crippen molar-refractivity contribution in [2.75, 3.05) is 0 Å². The van der Waals surface area contributed by atoms with Gasteiger partial charge in [0.25, 0.3) is 0 Å². The van der Waals surface area contributed by atoms with Crippen molar-refractivity contribution in [3.63, 3.8) is 0 Å². The fourth-order valence-corrected chi connectivity index (χ4v) is 1.58. The van der Waals surface area contributed by atoms with Crippen molar-refractivity contribution in [1.82, 2.24) is 14.8 Å². The van der Waals surface area contributed by atoms with Crippen LogP contribution in [0.25, 0.3) is 0 Å². The number of alkyl halides is 2. The molecule has 2 heterocycles. The maximum absolute atomic E-state index is 13.2. The first-order valence-corrected chi connectivity index (χ1v) is 4.91. The minimum atomic E-state index is -2.93. The van der Waals surface area contributed by atoms with E-state index >= 15 is 0 Å². The molecule has 0 saturated carbocycles. The molecule has 0 radical (unpaired) electrons. The summed E-state index contributed by atoms with van der Waals surface area (Å²) in [6, 6.07) is 0. The number of hydrogen-bond donors (Lipinski definition) is 0. The van der Waals surface area contributed by atoms with Gasteiger partial charge in [-0.05, 0) is 6.42 Å². The molecule has 0 spiro atoms. The maximum atomic E-state index is 13.2. The molecule has 0 aromatic carbocycles. The summed E-state index contributed by atoms with van der Waals surface area (Å²) in [5, 5.41) is 3.78. The molecule has 0 aliphatic carbocycles. The highest BCUT2D eigenvalue weighted by atomic mass is 19.3. The number of halogens is 2. The number of hydrogen-bond acceptors (Lipinski definition) is 3. The molecule has 15 heavy (non-hydrogen) atoms. The Morgan fingerprint density at radius 1 is 1.60 bits per heavy atom. The van der Waals surface area contributed by atoms with Crippen molar-refractivity contribution >= 4 is 5.78 Å². The minimum absolute atomic E-state index is 0.0776. The van der Waals surface area contributed by atoms with Gasteiger partial charge in [0.05, 0.1) is 0 Å². The van der Waals surface area contributed by atoms with Crippen LogP contribution < -0.4 is 0 Å². The van der Waals surface area contributed by atoms with Gasteiger partial charge in [-0.1, -0.05) is 6.92 Å². The molecule has 0 bridgehead atoms. The molecule has 4 nitrogen and oxygen atoms in total. The van der Waals surface area contributed by atoms with Gasteiger partial charge in [0.2, 0.25) is 11.6 Å². The molecule has 2 rings (SSSR count). The Balaban J connectivity index is 2.29. The number of Topliss-reactive ketones (excluding diaryl/α,β-unsaturated/α-hetero) is 1. The third-order valence-electron chi connectivity index (χ3n) is 2.36. The zero-order valence-corrected chi connectivity index (χ0v) is 8.33. The van der Waals surface area contributed by atoms with E-state index in [1.807, 2.05) is 6.92 Å². The van der Waals surface area contributed by atoms with Crippen LogP contribution in [0.2, 0.25) is 0 Å². The Morgan fingerprint density at radius 2 is 2.33 bits per heavy atom. The fourth-order valence-electron chi connectivity index (χ4n) is 1.58. The van der Waals surface area contributed by atoms with Crippen molar-refractivity contribution in [2.24, 2.45) is 0 Å². The molecule has 6 heteroatoms. The lowest BCUT2D eigenvalue weighted by Gasteiger charge is -2.03. The summed E-state index contributed by atoms with van der Waals surface area (Å²) in [5.41, 5.74) is 0. The maximum Gasteiger partial charge on any atom is 0.308 e. The van der Waals surface area contributed by atoms with Crippen LogP contribution >= 0.6 is 0 Å². The van der Waals surface area contributed by atoms with Gasteiger partial charge in [-0.15, -0.1) is 5.10 Å². The molecule has 0 unspecified atom stereocenters. The number of carbonyl (C=O) groups excluding carboxylic acids is 1. The van der Waals surface area contributed by atoms with Gasteiger partial charge in [-0.2, -0.15) is 8.78 Å². The van der Waals surface area contributed by atoms with Crippen molar-refractivity contribution in [1.29, 1.82) is 0 Å². The average molecular weight is 215 g/mol. The van der Waals surface area contributed by atoms with Gasteiger partial charge in [0.1, 0.15) is 0 Å². The van der Waals surface area contributed by atoms with Gasteiger partial charge >= 0.3 is 5.92 Å². The van der Waals surface area contributed by atoms with Crippen LogP contribution in [0.3, 0.4) is 0 Å². The van der Waals surface area contributed by atoms with Crippen molar-refractivity contribution in [2.45, 2.75) is 38.7 Å². The Morgan fingerprint density at radius 3 is 2.93 bits per heavy atom. The summed E-state index contributed by atoms with van der Waals surface area (Å²) in [6.07, 6.45) is 0.693. The number of rotatable bonds is 3. The quantitative estimate of drug-likeness (QED) is 0.722. The molecule has 1 aromatic heterocycles. The molecular weight excluding hydrogens is 204 g/mol. The Labute approximate surface area is 85.3 Å². The number of ketones is 1. The largest absolute Gasteiger partial charge is 0.308 e. The van der Waals surface area contributed by atoms with Gasteiger partial charge in [-0.25, -0.2) is 9.67 Å². The van der Waals surface area contributed by atoms with Crippen molar-refractivity contribution in [3.8, 4) is 0 Å². The Kier molecular flexibility index (Phi) is 2.28. The summed E-state index contributed by atoms with van der Waals surface area (Å²) >= 11 is 0. The van der Waals surface area contributed by atoms with Crippen molar-refractivity contribution in [3.05, 3.63) is 11.6 Å². The van der Waals surface area contributed by atoms with Gasteiger partial charge in [-0.3, -0.25) is 4.79 Å². The smallest absolute Gasteiger partial charge is 0.291 e. The number of aromatic nitrogens is 3. The zero-order valence-electron chi connectivity index (χ0n) is 8.33. The number of fused-ring (bicyclic) bond motifs is 1. The molecule has 0 amide bonds. The number of aryl methyl sites for hydroxylation is 1. The van der Waals surface area contributed by atoms with Crippen LogP contribution in [0, 0.1) is 0 Å². The third-order valence-corrected chi connectivity index (χ3v) is 2.36. The number of carbonyl (C=O) groups is 1. The highest BCUT2D eigenvalue weighted by Gasteiger charge is 2.43. The van der Waals surface area contributed by atoms with E-state index in [0.717, 1.165) is 4.68 Å². The lowest BCUT2D eigenvalue weighted by Crippen LogP contribution is -2.10. The molecule has 1 aliphatic rings. The van der Waals surface area contributed by atoms with Crippen molar-refractivity contribution < 1.29 is 13.6 Å². The molecule has 82 valence electrons. The second-order valence-electron chi connectivity index (χ2n) is 3.61. The summed E-state index contributed by atoms with van der Waals surface area (Å²) in [5.74, 6) is -3.65. The van der Waals surface area contributed by atoms with Gasteiger partial charge < -0.3 is 0 Å². The lowest BCUT2D eigenvalue weighted by molar-refractivity contribution is -0.00631. The molecule has 0 fully saturated rings. The van der Waals surface area contributed by atoms with E-state index in [2.05, 4.69) is 10.1 Å². The Hall–Kier alpha value is -1.33. The molecule has 0 saturated heterocycles. The summed E-state index contributed by atoms with van der Waals surface area (Å²) < 4.78 is 27.5. The predicted octanol–water partition coefficient (Wildman–Crippen LogP) is 1.76. The summed E-state index contributed by atoms with van der Waals surface area (Å²) in [4.78, 5) is 15.0. The van der Waals surface area contributed by atoms with Crippen LogP contribution in [-0.2, 0) is 12.5 Å². The first-order valence-electron chi connectivity index (χ1n) is 4.91. The summed E-state index contributed by atoms with van der Waals surface area (Å²) in [7, 11) is 0. The highest BCUT2D eigenvalue weighted by Crippen LogP contribution is 2.35. The Bertz CT molecular complexity index is 400. The van der Waals surface area contributed by atoms with E-state index in [9.17, 15) is 13.6 Å². The first-order chi connectivity index (χ1) is 7.04. The van der Waals surface area contributed by atoms with E-state index in [1.54, 1.807) is 0 Å². The summed E-state index contributed by atoms with van der Waals surface area (Å²) in [6.45, 7) is 1.98. The lowest BCUT2D eigenvalue weighted by atomic mass is 10.2. The van der Waals surface area contributed by atoms with Crippen LogP contribution in [0.15, 0.2) is 0 Å². The second-order valence-corrected chi connectivity index (χ2v) is 3.61. The molecule has 1 aromatic rings. The standard InChI is InChI=1S/C9H11F2N3O/c1-2-3-6(15)7-12-8-9(10,11)4-5-14(8)13-7/h2-5H2,1H3. The molecule has 1 aliphatic heterocycles. The predicted molar refractivity (Wildman–Crippen MR) is 47.8 cm³/mol. The zero-order chi connectivity index (χ0) is 11.1. The number of nitrogens with zero attached hydrogens (tertiary/aromatic N) is 3. The molecule has 0 N–H and O–H groups in total. The van der Waals surface area contributed by atoms with Crippen LogP contribution in [-0.4, -0.2) is 20.5 Å². The van der Waals surface area contributed by atoms with Crippen LogP contribution in [0.1, 0.15) is 42.6 Å². The van der Waals surface area contributed by atoms with E-state index in [4.69, 9.17) is 0 Å². The fraction of sp³-hybridized carbons (Fsp3) is 0.667. The second kappa shape index (κ2) is 3.36. The SMILES string of the molecule is CCCC(=O)c1nc2n(n1)CCC2(F)F. The monoisotopic (exact) mass is 215 g/mol. The van der Waals surface area contributed by atoms with Gasteiger partial charge in [0, 0.05) is 19.4 Å². The van der Waals surface area contributed by atoms with E-state index in [0.29, 0.717) is 12.8 Å². The van der Waals surface area contributed by atoms with E-state index in [-0.39, 0.29) is 30.4 Å². The van der Waals surface area contributed by atoms with Crippen LogP contribution in [0.5, 0.6) is 0 Å². The normalized spacial score (nSPS) is 17.8. The van der Waals surface area contributed by atoms with Crippen LogP contribution in [0.4, 0.5) is 8.78 Å². The van der Waals surface area contributed by atoms with E-state index in [1.165, 1.54) is 0 Å². The first kappa shape index (κ1) is 10.2. The minimum Gasteiger partial charge on any atom is -0.291 e.